The first-order chi connectivity index (χ1) is 11.6. The molecule has 0 aliphatic carbocycles. The average molecular weight is 389 g/mol. The lowest BCUT2D eigenvalue weighted by molar-refractivity contribution is -0.134. The van der Waals surface area contributed by atoms with E-state index in [0.29, 0.717) is 15.7 Å². The molecule has 1 unspecified atom stereocenters. The number of nitrogens with one attached hydrogen (secondary N) is 2. The largest absolute Gasteiger partial charge is 0.347 e. The van der Waals surface area contributed by atoms with E-state index in [1.54, 1.807) is 46.3 Å². The SMILES string of the molecule is CC(NC(=O)CN(C)CC(=O)Nc1ccc(Cl)c(Cl)c1)C(=O)N(C)C. The summed E-state index contributed by atoms with van der Waals surface area (Å²) in [4.78, 5) is 38.6. The first-order valence-electron chi connectivity index (χ1n) is 7.54. The summed E-state index contributed by atoms with van der Waals surface area (Å²) < 4.78 is 0. The minimum atomic E-state index is -0.624. The number of hydrogen-bond donors (Lipinski definition) is 2. The van der Waals surface area contributed by atoms with Crippen molar-refractivity contribution in [3.63, 3.8) is 0 Å². The van der Waals surface area contributed by atoms with E-state index in [1.165, 1.54) is 9.80 Å². The molecule has 25 heavy (non-hydrogen) atoms. The number of carbonyl (C=O) groups excluding carboxylic acids is 3. The Labute approximate surface area is 157 Å². The molecule has 138 valence electrons. The average Bonchev–Trinajstić information content (AvgIpc) is 2.49. The topological polar surface area (TPSA) is 81.8 Å². The molecule has 3 amide bonds. The first kappa shape index (κ1) is 21.2. The summed E-state index contributed by atoms with van der Waals surface area (Å²) in [5, 5.41) is 6.00. The smallest absolute Gasteiger partial charge is 0.244 e. The van der Waals surface area contributed by atoms with E-state index in [9.17, 15) is 14.4 Å². The van der Waals surface area contributed by atoms with E-state index in [4.69, 9.17) is 23.2 Å². The zero-order valence-electron chi connectivity index (χ0n) is 14.6. The van der Waals surface area contributed by atoms with Gasteiger partial charge in [-0.1, -0.05) is 23.2 Å². The van der Waals surface area contributed by atoms with Gasteiger partial charge < -0.3 is 15.5 Å². The number of nitrogens with zero attached hydrogens (tertiary/aromatic N) is 2. The Balaban J connectivity index is 2.45. The third-order valence-electron chi connectivity index (χ3n) is 3.22. The van der Waals surface area contributed by atoms with Crippen molar-refractivity contribution in [1.82, 2.24) is 15.1 Å². The second-order valence-corrected chi connectivity index (χ2v) is 6.69. The van der Waals surface area contributed by atoms with Crippen LogP contribution in [-0.4, -0.2) is 67.8 Å². The van der Waals surface area contributed by atoms with Crippen LogP contribution in [0.4, 0.5) is 5.69 Å². The molecule has 0 bridgehead atoms. The van der Waals surface area contributed by atoms with Gasteiger partial charge in [0.1, 0.15) is 6.04 Å². The summed E-state index contributed by atoms with van der Waals surface area (Å²) in [5.74, 6) is -0.841. The summed E-state index contributed by atoms with van der Waals surface area (Å²) in [5.41, 5.74) is 0.516. The molecule has 7 nitrogen and oxygen atoms in total. The van der Waals surface area contributed by atoms with Crippen LogP contribution < -0.4 is 10.6 Å². The number of amides is 3. The van der Waals surface area contributed by atoms with Crippen molar-refractivity contribution >= 4 is 46.6 Å². The molecule has 1 aromatic carbocycles. The van der Waals surface area contributed by atoms with Crippen LogP contribution in [0.2, 0.25) is 10.0 Å². The zero-order valence-corrected chi connectivity index (χ0v) is 16.1. The molecule has 0 heterocycles. The maximum absolute atomic E-state index is 12.0. The Morgan fingerprint density at radius 2 is 1.64 bits per heavy atom. The van der Waals surface area contributed by atoms with Gasteiger partial charge in [0.05, 0.1) is 23.1 Å². The van der Waals surface area contributed by atoms with Crippen LogP contribution in [0.1, 0.15) is 6.92 Å². The molecular formula is C16H22Cl2N4O3. The number of carbonyl (C=O) groups is 3. The van der Waals surface area contributed by atoms with Crippen molar-refractivity contribution < 1.29 is 14.4 Å². The van der Waals surface area contributed by atoms with Crippen LogP contribution in [0.15, 0.2) is 18.2 Å². The third-order valence-corrected chi connectivity index (χ3v) is 3.96. The minimum Gasteiger partial charge on any atom is -0.347 e. The van der Waals surface area contributed by atoms with Gasteiger partial charge in [-0.15, -0.1) is 0 Å². The Bertz CT molecular complexity index is 652. The molecular weight excluding hydrogens is 367 g/mol. The summed E-state index contributed by atoms with van der Waals surface area (Å²) in [6.45, 7) is 1.60. The zero-order chi connectivity index (χ0) is 19.1. The van der Waals surface area contributed by atoms with Gasteiger partial charge in [0.15, 0.2) is 0 Å². The maximum atomic E-state index is 12.0. The van der Waals surface area contributed by atoms with Gasteiger partial charge in [-0.2, -0.15) is 0 Å². The second kappa shape index (κ2) is 9.60. The van der Waals surface area contributed by atoms with Crippen molar-refractivity contribution in [2.24, 2.45) is 0 Å². The summed E-state index contributed by atoms with van der Waals surface area (Å²) in [7, 11) is 4.86. The van der Waals surface area contributed by atoms with Crippen LogP contribution in [0.25, 0.3) is 0 Å². The van der Waals surface area contributed by atoms with Crippen LogP contribution in [0, 0.1) is 0 Å². The van der Waals surface area contributed by atoms with Crippen molar-refractivity contribution in [1.29, 1.82) is 0 Å². The Morgan fingerprint density at radius 3 is 2.20 bits per heavy atom. The molecule has 1 aromatic rings. The standard InChI is InChI=1S/C16H22Cl2N4O3/c1-10(16(25)21(2)3)19-14(23)8-22(4)9-15(24)20-11-5-6-12(17)13(18)7-11/h5-7,10H,8-9H2,1-4H3,(H,19,23)(H,20,24). The molecule has 0 spiro atoms. The highest BCUT2D eigenvalue weighted by Crippen LogP contribution is 2.24. The Hall–Kier alpha value is -1.83. The molecule has 1 atom stereocenters. The molecule has 0 saturated heterocycles. The fourth-order valence-corrected chi connectivity index (χ4v) is 2.35. The van der Waals surface area contributed by atoms with Crippen LogP contribution in [-0.2, 0) is 14.4 Å². The van der Waals surface area contributed by atoms with Gasteiger partial charge in [0.2, 0.25) is 17.7 Å². The van der Waals surface area contributed by atoms with E-state index >= 15 is 0 Å². The third kappa shape index (κ3) is 7.29. The first-order valence-corrected chi connectivity index (χ1v) is 8.29. The molecule has 0 saturated carbocycles. The molecule has 2 N–H and O–H groups in total. The maximum Gasteiger partial charge on any atom is 0.244 e. The van der Waals surface area contributed by atoms with Gasteiger partial charge in [-0.25, -0.2) is 0 Å². The van der Waals surface area contributed by atoms with Gasteiger partial charge in [-0.3, -0.25) is 19.3 Å². The molecule has 0 fully saturated rings. The lowest BCUT2D eigenvalue weighted by atomic mass is 10.3. The molecule has 1 rings (SSSR count). The highest BCUT2D eigenvalue weighted by Gasteiger charge is 2.18. The second-order valence-electron chi connectivity index (χ2n) is 5.87. The fourth-order valence-electron chi connectivity index (χ4n) is 2.06. The van der Waals surface area contributed by atoms with Gasteiger partial charge in [0.25, 0.3) is 0 Å². The van der Waals surface area contributed by atoms with Gasteiger partial charge >= 0.3 is 0 Å². The highest BCUT2D eigenvalue weighted by atomic mass is 35.5. The number of anilines is 1. The monoisotopic (exact) mass is 388 g/mol. The summed E-state index contributed by atoms with van der Waals surface area (Å²) >= 11 is 11.7. The van der Waals surface area contributed by atoms with E-state index < -0.39 is 6.04 Å². The van der Waals surface area contributed by atoms with E-state index in [-0.39, 0.29) is 30.8 Å². The number of halogens is 2. The number of likely N-dealkylation sites (N-methyl/N-ethyl adjacent to an activating group) is 2. The highest BCUT2D eigenvalue weighted by molar-refractivity contribution is 6.42. The van der Waals surface area contributed by atoms with Crippen molar-refractivity contribution in [3.8, 4) is 0 Å². The number of hydrogen-bond acceptors (Lipinski definition) is 4. The van der Waals surface area contributed by atoms with Crippen LogP contribution in [0.5, 0.6) is 0 Å². The van der Waals surface area contributed by atoms with Gasteiger partial charge in [0, 0.05) is 19.8 Å². The molecule has 0 aliphatic rings. The Morgan fingerprint density at radius 1 is 1.04 bits per heavy atom. The van der Waals surface area contributed by atoms with Crippen LogP contribution >= 0.6 is 23.2 Å². The van der Waals surface area contributed by atoms with Gasteiger partial charge in [-0.05, 0) is 32.2 Å². The summed E-state index contributed by atoms with van der Waals surface area (Å²) in [6, 6.07) is 4.14. The van der Waals surface area contributed by atoms with Crippen molar-refractivity contribution in [3.05, 3.63) is 28.2 Å². The lowest BCUT2D eigenvalue weighted by Crippen LogP contribution is -2.47. The predicted molar refractivity (Wildman–Crippen MR) is 98.9 cm³/mol. The number of rotatable bonds is 7. The quantitative estimate of drug-likeness (QED) is 0.740. The molecule has 9 heteroatoms. The van der Waals surface area contributed by atoms with Crippen molar-refractivity contribution in [2.75, 3.05) is 39.5 Å². The van der Waals surface area contributed by atoms with E-state index in [1.807, 2.05) is 0 Å². The summed E-state index contributed by atoms with van der Waals surface area (Å²) in [6.07, 6.45) is 0. The molecule has 0 aliphatic heterocycles. The normalized spacial score (nSPS) is 11.8. The fraction of sp³-hybridized carbons (Fsp3) is 0.438. The Kier molecular flexibility index (Phi) is 8.15. The van der Waals surface area contributed by atoms with Crippen molar-refractivity contribution in [2.45, 2.75) is 13.0 Å². The molecule has 0 radical (unpaired) electrons. The minimum absolute atomic E-state index is 0.00364. The number of benzene rings is 1. The van der Waals surface area contributed by atoms with E-state index in [0.717, 1.165) is 0 Å². The predicted octanol–water partition coefficient (Wildman–Crippen LogP) is 1.46. The van der Waals surface area contributed by atoms with Crippen LogP contribution in [0.3, 0.4) is 0 Å². The van der Waals surface area contributed by atoms with E-state index in [2.05, 4.69) is 10.6 Å². The lowest BCUT2D eigenvalue weighted by Gasteiger charge is -2.20. The molecule has 0 aromatic heterocycles.